The molecule has 1 fully saturated rings. The number of hydrogen-bond acceptors (Lipinski definition) is 4. The summed E-state index contributed by atoms with van der Waals surface area (Å²) in [5.74, 6) is -1.16. The number of aryl methyl sites for hydroxylation is 1. The van der Waals surface area contributed by atoms with Crippen LogP contribution >= 0.6 is 0 Å². The molecule has 1 aromatic heterocycles. The molecule has 2 aromatic rings. The van der Waals surface area contributed by atoms with Gasteiger partial charge in [-0.3, -0.25) is 4.79 Å². The van der Waals surface area contributed by atoms with Gasteiger partial charge in [-0.1, -0.05) is 0 Å². The maximum Gasteiger partial charge on any atom is 0.341 e. The predicted octanol–water partition coefficient (Wildman–Crippen LogP) is 1.62. The lowest BCUT2D eigenvalue weighted by molar-refractivity contribution is 0.0694. The van der Waals surface area contributed by atoms with Crippen LogP contribution in [0, 0.1) is 0 Å². The van der Waals surface area contributed by atoms with Crippen LogP contribution in [0.5, 0.6) is 0 Å². The highest BCUT2D eigenvalue weighted by molar-refractivity contribution is 5.95. The van der Waals surface area contributed by atoms with Crippen molar-refractivity contribution in [2.75, 3.05) is 31.1 Å². The Morgan fingerprint density at radius 3 is 2.75 bits per heavy atom. The van der Waals surface area contributed by atoms with Crippen molar-refractivity contribution < 1.29 is 9.90 Å². The monoisotopic (exact) mass is 327 g/mol. The van der Waals surface area contributed by atoms with E-state index in [1.165, 1.54) is 17.4 Å². The van der Waals surface area contributed by atoms with Crippen molar-refractivity contribution in [3.8, 4) is 0 Å². The summed E-state index contributed by atoms with van der Waals surface area (Å²) >= 11 is 0. The highest BCUT2D eigenvalue weighted by Crippen LogP contribution is 2.36. The number of benzene rings is 1. The molecule has 0 bridgehead atoms. The molecule has 0 spiro atoms. The maximum atomic E-state index is 12.6. The maximum absolute atomic E-state index is 12.6. The van der Waals surface area contributed by atoms with Crippen molar-refractivity contribution in [3.63, 3.8) is 0 Å². The molecule has 0 amide bonds. The summed E-state index contributed by atoms with van der Waals surface area (Å²) < 4.78 is 1.99. The van der Waals surface area contributed by atoms with Crippen molar-refractivity contribution in [2.45, 2.75) is 25.8 Å². The molecular formula is C18H21N3O3. The first-order valence-corrected chi connectivity index (χ1v) is 8.47. The molecule has 1 atom stereocenters. The van der Waals surface area contributed by atoms with Gasteiger partial charge in [0.25, 0.3) is 0 Å². The number of nitrogens with one attached hydrogen (secondary N) is 1. The van der Waals surface area contributed by atoms with Crippen LogP contribution in [0.2, 0.25) is 0 Å². The quantitative estimate of drug-likeness (QED) is 0.877. The van der Waals surface area contributed by atoms with Crippen LogP contribution < -0.4 is 15.6 Å². The first-order chi connectivity index (χ1) is 11.6. The molecule has 24 heavy (non-hydrogen) atoms. The van der Waals surface area contributed by atoms with Crippen molar-refractivity contribution in [1.82, 2.24) is 9.88 Å². The summed E-state index contributed by atoms with van der Waals surface area (Å²) in [4.78, 5) is 26.4. The third kappa shape index (κ3) is 2.21. The fourth-order valence-corrected chi connectivity index (χ4v) is 3.95. The number of rotatable bonds is 2. The molecule has 2 aliphatic heterocycles. The average molecular weight is 327 g/mol. The number of carboxylic acids is 1. The summed E-state index contributed by atoms with van der Waals surface area (Å²) in [6.07, 6.45) is 3.40. The molecule has 2 aliphatic rings. The second-order valence-electron chi connectivity index (χ2n) is 6.67. The van der Waals surface area contributed by atoms with Crippen LogP contribution in [-0.2, 0) is 6.42 Å². The fraction of sp³-hybridized carbons (Fsp3) is 0.444. The third-order valence-corrected chi connectivity index (χ3v) is 5.25. The lowest BCUT2D eigenvalue weighted by Gasteiger charge is -2.34. The summed E-state index contributed by atoms with van der Waals surface area (Å²) in [7, 11) is 0. The minimum absolute atomic E-state index is 0.142. The van der Waals surface area contributed by atoms with E-state index >= 15 is 0 Å². The van der Waals surface area contributed by atoms with E-state index in [2.05, 4.69) is 17.1 Å². The van der Waals surface area contributed by atoms with E-state index in [4.69, 9.17) is 0 Å². The molecule has 0 saturated carbocycles. The zero-order chi connectivity index (χ0) is 16.8. The van der Waals surface area contributed by atoms with Gasteiger partial charge in [0.15, 0.2) is 0 Å². The predicted molar refractivity (Wildman–Crippen MR) is 93.3 cm³/mol. The number of carbonyl (C=O) groups is 1. The first-order valence-electron chi connectivity index (χ1n) is 8.47. The Kier molecular flexibility index (Phi) is 3.57. The first kappa shape index (κ1) is 15.2. The standard InChI is InChI=1S/C18H21N3O3/c1-11-2-3-12-15(20-8-6-19-7-9-20)5-4-13-16(12)21(11)10-14(17(13)22)18(23)24/h4-5,10-11,19H,2-3,6-9H2,1H3,(H,23,24). The number of anilines is 1. The number of carboxylic acid groups (broad SMARTS) is 1. The van der Waals surface area contributed by atoms with Gasteiger partial charge in [0, 0.05) is 49.5 Å². The minimum atomic E-state index is -1.16. The van der Waals surface area contributed by atoms with Crippen LogP contribution in [0.4, 0.5) is 5.69 Å². The van der Waals surface area contributed by atoms with Crippen LogP contribution in [0.1, 0.15) is 35.3 Å². The molecule has 4 rings (SSSR count). The van der Waals surface area contributed by atoms with E-state index in [0.717, 1.165) is 44.5 Å². The van der Waals surface area contributed by atoms with Gasteiger partial charge in [-0.15, -0.1) is 0 Å². The lowest BCUT2D eigenvalue weighted by atomic mass is 9.94. The molecule has 2 N–H and O–H groups in total. The highest BCUT2D eigenvalue weighted by atomic mass is 16.4. The third-order valence-electron chi connectivity index (χ3n) is 5.25. The summed E-state index contributed by atoms with van der Waals surface area (Å²) in [5.41, 5.74) is 2.77. The lowest BCUT2D eigenvalue weighted by Crippen LogP contribution is -2.44. The van der Waals surface area contributed by atoms with Gasteiger partial charge in [0.05, 0.1) is 5.52 Å². The number of hydrogen-bond donors (Lipinski definition) is 2. The molecule has 3 heterocycles. The van der Waals surface area contributed by atoms with Gasteiger partial charge in [-0.2, -0.15) is 0 Å². The zero-order valence-corrected chi connectivity index (χ0v) is 13.7. The minimum Gasteiger partial charge on any atom is -0.477 e. The Morgan fingerprint density at radius 2 is 2.04 bits per heavy atom. The number of aromatic carboxylic acids is 1. The van der Waals surface area contributed by atoms with E-state index in [1.807, 2.05) is 10.6 Å². The fourth-order valence-electron chi connectivity index (χ4n) is 3.95. The molecule has 1 unspecified atom stereocenters. The largest absolute Gasteiger partial charge is 0.477 e. The Hall–Kier alpha value is -2.34. The van der Waals surface area contributed by atoms with Gasteiger partial charge < -0.3 is 19.9 Å². The number of aromatic nitrogens is 1. The van der Waals surface area contributed by atoms with Gasteiger partial charge in [0.1, 0.15) is 5.56 Å². The van der Waals surface area contributed by atoms with Gasteiger partial charge in [-0.05, 0) is 37.5 Å². The molecule has 0 aliphatic carbocycles. The van der Waals surface area contributed by atoms with Crippen molar-refractivity contribution >= 4 is 22.6 Å². The topological polar surface area (TPSA) is 74.6 Å². The summed E-state index contributed by atoms with van der Waals surface area (Å²) in [5, 5.41) is 13.2. The molecule has 126 valence electrons. The second-order valence-corrected chi connectivity index (χ2v) is 6.67. The van der Waals surface area contributed by atoms with Crippen LogP contribution in [0.15, 0.2) is 23.1 Å². The van der Waals surface area contributed by atoms with Crippen molar-refractivity contribution in [1.29, 1.82) is 0 Å². The van der Waals surface area contributed by atoms with Crippen LogP contribution in [0.25, 0.3) is 10.9 Å². The van der Waals surface area contributed by atoms with E-state index in [1.54, 1.807) is 6.07 Å². The van der Waals surface area contributed by atoms with Gasteiger partial charge in [0.2, 0.25) is 5.43 Å². The molecule has 6 heteroatoms. The van der Waals surface area contributed by atoms with Gasteiger partial charge in [-0.25, -0.2) is 4.79 Å². The normalized spacial score (nSPS) is 20.4. The molecular weight excluding hydrogens is 306 g/mol. The molecule has 1 aromatic carbocycles. The Bertz CT molecular complexity index is 881. The number of nitrogens with zero attached hydrogens (tertiary/aromatic N) is 2. The van der Waals surface area contributed by atoms with Crippen LogP contribution in [0.3, 0.4) is 0 Å². The van der Waals surface area contributed by atoms with E-state index < -0.39 is 5.97 Å². The SMILES string of the molecule is CC1CCc2c(N3CCNCC3)ccc3c(=O)c(C(=O)O)cn1c23. The van der Waals surface area contributed by atoms with Crippen molar-refractivity contribution in [2.24, 2.45) is 0 Å². The Balaban J connectivity index is 2.00. The zero-order valence-electron chi connectivity index (χ0n) is 13.7. The number of pyridine rings is 1. The molecule has 6 nitrogen and oxygen atoms in total. The molecule has 0 radical (unpaired) electrons. The second kappa shape index (κ2) is 5.63. The molecule has 1 saturated heterocycles. The Morgan fingerprint density at radius 1 is 1.29 bits per heavy atom. The van der Waals surface area contributed by atoms with E-state index in [9.17, 15) is 14.7 Å². The van der Waals surface area contributed by atoms with Crippen LogP contribution in [-0.4, -0.2) is 41.8 Å². The number of piperazine rings is 1. The van der Waals surface area contributed by atoms with Gasteiger partial charge >= 0.3 is 5.97 Å². The summed E-state index contributed by atoms with van der Waals surface area (Å²) in [6.45, 7) is 5.89. The average Bonchev–Trinajstić information content (AvgIpc) is 2.59. The summed E-state index contributed by atoms with van der Waals surface area (Å²) in [6, 6.07) is 3.99. The van der Waals surface area contributed by atoms with E-state index in [-0.39, 0.29) is 17.0 Å². The highest BCUT2D eigenvalue weighted by Gasteiger charge is 2.26. The Labute approximate surface area is 139 Å². The van der Waals surface area contributed by atoms with Crippen molar-refractivity contribution in [3.05, 3.63) is 39.7 Å². The smallest absolute Gasteiger partial charge is 0.341 e. The van der Waals surface area contributed by atoms with E-state index in [0.29, 0.717) is 5.39 Å².